The summed E-state index contributed by atoms with van der Waals surface area (Å²) in [5, 5.41) is 0. The smallest absolute Gasteiger partial charge is 0.251 e. The van der Waals surface area contributed by atoms with E-state index in [9.17, 15) is 9.59 Å². The van der Waals surface area contributed by atoms with Gasteiger partial charge in [-0.25, -0.2) is 0 Å². The third kappa shape index (κ3) is 3.80. The Bertz CT molecular complexity index is 889. The summed E-state index contributed by atoms with van der Waals surface area (Å²) in [5.74, 6) is -0.260. The number of carbonyl (C=O) groups excluding carboxylic acids is 2. The van der Waals surface area contributed by atoms with Crippen LogP contribution in [0.4, 0.5) is 0 Å². The first-order chi connectivity index (χ1) is 13.5. The topological polar surface area (TPSA) is 72.6 Å². The molecule has 28 heavy (non-hydrogen) atoms. The van der Waals surface area contributed by atoms with Crippen molar-refractivity contribution in [3.8, 4) is 11.1 Å². The number of nitrogens with zero attached hydrogens (tertiary/aromatic N) is 1. The molecule has 1 atom stereocenters. The van der Waals surface area contributed by atoms with Crippen molar-refractivity contribution < 1.29 is 14.3 Å². The lowest BCUT2D eigenvalue weighted by molar-refractivity contribution is -0.164. The minimum absolute atomic E-state index is 0.122. The van der Waals surface area contributed by atoms with E-state index in [-0.39, 0.29) is 18.4 Å². The van der Waals surface area contributed by atoms with Gasteiger partial charge in [0.1, 0.15) is 0 Å². The van der Waals surface area contributed by atoms with E-state index in [4.69, 9.17) is 10.5 Å². The molecule has 5 heteroatoms. The van der Waals surface area contributed by atoms with Gasteiger partial charge in [-0.2, -0.15) is 0 Å². The van der Waals surface area contributed by atoms with E-state index in [1.165, 1.54) is 5.56 Å². The summed E-state index contributed by atoms with van der Waals surface area (Å²) >= 11 is 0. The molecule has 2 fully saturated rings. The molecular formula is C23H26N2O3. The van der Waals surface area contributed by atoms with Crippen LogP contribution in [0.15, 0.2) is 48.5 Å². The highest BCUT2D eigenvalue weighted by Crippen LogP contribution is 2.33. The van der Waals surface area contributed by atoms with Crippen LogP contribution in [0.5, 0.6) is 0 Å². The van der Waals surface area contributed by atoms with E-state index in [1.807, 2.05) is 18.2 Å². The predicted octanol–water partition coefficient (Wildman–Crippen LogP) is 2.70. The van der Waals surface area contributed by atoms with Gasteiger partial charge in [0.2, 0.25) is 5.91 Å². The molecule has 5 nitrogen and oxygen atoms in total. The van der Waals surface area contributed by atoms with Crippen LogP contribution in [0, 0.1) is 12.8 Å². The van der Waals surface area contributed by atoms with Crippen molar-refractivity contribution in [1.82, 2.24) is 4.90 Å². The summed E-state index contributed by atoms with van der Waals surface area (Å²) in [7, 11) is 0. The van der Waals surface area contributed by atoms with Crippen LogP contribution in [0.25, 0.3) is 11.1 Å². The van der Waals surface area contributed by atoms with Crippen molar-refractivity contribution >= 4 is 11.8 Å². The minimum Gasteiger partial charge on any atom is -0.367 e. The molecule has 0 spiro atoms. The van der Waals surface area contributed by atoms with Crippen molar-refractivity contribution in [2.24, 2.45) is 11.7 Å². The molecule has 1 aliphatic carbocycles. The number of benzene rings is 2. The second-order valence-electron chi connectivity index (χ2n) is 7.98. The number of morpholine rings is 1. The van der Waals surface area contributed by atoms with E-state index < -0.39 is 11.5 Å². The maximum atomic E-state index is 12.5. The summed E-state index contributed by atoms with van der Waals surface area (Å²) in [6.07, 6.45) is 2.26. The number of nitrogens with two attached hydrogens (primary N) is 1. The molecule has 1 heterocycles. The Morgan fingerprint density at radius 2 is 1.89 bits per heavy atom. The van der Waals surface area contributed by atoms with Crippen molar-refractivity contribution in [1.29, 1.82) is 0 Å². The molecule has 0 unspecified atom stereocenters. The fourth-order valence-electron chi connectivity index (χ4n) is 3.87. The van der Waals surface area contributed by atoms with Crippen LogP contribution in [-0.4, -0.2) is 42.0 Å². The first kappa shape index (κ1) is 18.7. The number of amides is 2. The summed E-state index contributed by atoms with van der Waals surface area (Å²) in [5.41, 5.74) is 9.04. The summed E-state index contributed by atoms with van der Waals surface area (Å²) in [6.45, 7) is 3.17. The molecule has 0 bridgehead atoms. The third-order valence-corrected chi connectivity index (χ3v) is 5.67. The highest BCUT2D eigenvalue weighted by atomic mass is 16.5. The van der Waals surface area contributed by atoms with Gasteiger partial charge in [0.15, 0.2) is 5.60 Å². The third-order valence-electron chi connectivity index (χ3n) is 5.67. The number of aryl methyl sites for hydroxylation is 1. The number of primary amides is 1. The minimum atomic E-state index is -1.16. The number of ether oxygens (including phenoxy) is 1. The Kier molecular flexibility index (Phi) is 4.94. The zero-order valence-corrected chi connectivity index (χ0v) is 16.2. The summed E-state index contributed by atoms with van der Waals surface area (Å²) in [6, 6.07) is 16.5. The summed E-state index contributed by atoms with van der Waals surface area (Å²) < 4.78 is 5.87. The van der Waals surface area contributed by atoms with Crippen LogP contribution < -0.4 is 5.73 Å². The molecule has 1 saturated carbocycles. The molecule has 0 radical (unpaired) electrons. The number of carbonyl (C=O) groups is 2. The zero-order valence-electron chi connectivity index (χ0n) is 16.2. The molecule has 4 rings (SSSR count). The summed E-state index contributed by atoms with van der Waals surface area (Å²) in [4.78, 5) is 26.5. The zero-order chi connectivity index (χ0) is 19.7. The Labute approximate surface area is 165 Å². The average Bonchev–Trinajstić information content (AvgIpc) is 3.53. The number of hydrogen-bond donors (Lipinski definition) is 1. The quantitative estimate of drug-likeness (QED) is 0.869. The maximum Gasteiger partial charge on any atom is 0.251 e. The standard InChI is InChI=1S/C23H26N2O3/c1-16-3-2-4-20(13-16)18-7-5-17(6-8-18)14-23(22(24)27)15-25(11-12-28-23)21(26)19-9-10-19/h2-8,13,19H,9-12,14-15H2,1H3,(H2,24,27)/t23-/m1/s1. The molecule has 1 aliphatic heterocycles. The predicted molar refractivity (Wildman–Crippen MR) is 108 cm³/mol. The second-order valence-corrected chi connectivity index (χ2v) is 7.98. The van der Waals surface area contributed by atoms with E-state index in [1.54, 1.807) is 4.90 Å². The van der Waals surface area contributed by atoms with Crippen molar-refractivity contribution in [3.05, 3.63) is 59.7 Å². The van der Waals surface area contributed by atoms with Gasteiger partial charge < -0.3 is 15.4 Å². The van der Waals surface area contributed by atoms with Crippen LogP contribution in [0.2, 0.25) is 0 Å². The van der Waals surface area contributed by atoms with Gasteiger partial charge in [-0.3, -0.25) is 9.59 Å². The van der Waals surface area contributed by atoms with Gasteiger partial charge in [0.25, 0.3) is 5.91 Å². The van der Waals surface area contributed by atoms with E-state index >= 15 is 0 Å². The molecule has 2 aromatic carbocycles. The highest BCUT2D eigenvalue weighted by molar-refractivity contribution is 5.87. The van der Waals surface area contributed by atoms with Crippen LogP contribution in [0.1, 0.15) is 24.0 Å². The lowest BCUT2D eigenvalue weighted by Gasteiger charge is -2.41. The second kappa shape index (κ2) is 7.40. The van der Waals surface area contributed by atoms with Gasteiger partial charge in [-0.15, -0.1) is 0 Å². The monoisotopic (exact) mass is 378 g/mol. The largest absolute Gasteiger partial charge is 0.367 e. The number of rotatable bonds is 5. The Hall–Kier alpha value is -2.66. The lowest BCUT2D eigenvalue weighted by Crippen LogP contribution is -2.61. The maximum absolute atomic E-state index is 12.5. The normalized spacial score (nSPS) is 22.1. The van der Waals surface area contributed by atoms with Gasteiger partial charge >= 0.3 is 0 Å². The Balaban J connectivity index is 1.53. The first-order valence-electron chi connectivity index (χ1n) is 9.85. The van der Waals surface area contributed by atoms with Crippen LogP contribution in [-0.2, 0) is 20.7 Å². The average molecular weight is 378 g/mol. The molecular weight excluding hydrogens is 352 g/mol. The van der Waals surface area contributed by atoms with Crippen molar-refractivity contribution in [2.45, 2.75) is 31.8 Å². The molecule has 146 valence electrons. The van der Waals surface area contributed by atoms with Crippen molar-refractivity contribution in [2.75, 3.05) is 19.7 Å². The molecule has 0 aromatic heterocycles. The SMILES string of the molecule is Cc1cccc(-c2ccc(C[C@]3(C(N)=O)CN(C(=O)C4CC4)CCO3)cc2)c1. The molecule has 2 N–H and O–H groups in total. The fourth-order valence-corrected chi connectivity index (χ4v) is 3.87. The van der Waals surface area contributed by atoms with E-state index in [2.05, 4.69) is 37.3 Å². The lowest BCUT2D eigenvalue weighted by atomic mass is 9.90. The van der Waals surface area contributed by atoms with Gasteiger partial charge in [0.05, 0.1) is 13.2 Å². The first-order valence-corrected chi connectivity index (χ1v) is 9.85. The highest BCUT2D eigenvalue weighted by Gasteiger charge is 2.45. The fraction of sp³-hybridized carbons (Fsp3) is 0.391. The van der Waals surface area contributed by atoms with Gasteiger partial charge in [-0.05, 0) is 36.5 Å². The van der Waals surface area contributed by atoms with E-state index in [0.717, 1.165) is 29.5 Å². The number of hydrogen-bond acceptors (Lipinski definition) is 3. The van der Waals surface area contributed by atoms with Gasteiger partial charge in [-0.1, -0.05) is 54.1 Å². The Morgan fingerprint density at radius 1 is 1.14 bits per heavy atom. The van der Waals surface area contributed by atoms with Crippen LogP contribution in [0.3, 0.4) is 0 Å². The van der Waals surface area contributed by atoms with Crippen LogP contribution >= 0.6 is 0 Å². The van der Waals surface area contributed by atoms with Crippen molar-refractivity contribution in [3.63, 3.8) is 0 Å². The Morgan fingerprint density at radius 3 is 2.54 bits per heavy atom. The molecule has 2 aromatic rings. The van der Waals surface area contributed by atoms with E-state index in [0.29, 0.717) is 19.6 Å². The molecule has 2 aliphatic rings. The van der Waals surface area contributed by atoms with Gasteiger partial charge in [0, 0.05) is 18.9 Å². The molecule has 2 amide bonds. The molecule has 1 saturated heterocycles.